The van der Waals surface area contributed by atoms with E-state index in [4.69, 9.17) is 4.74 Å². The lowest BCUT2D eigenvalue weighted by atomic mass is 10.3. The fourth-order valence-electron chi connectivity index (χ4n) is 2.33. The molecule has 6 heteroatoms. The summed E-state index contributed by atoms with van der Waals surface area (Å²) in [6.07, 6.45) is 5.61. The highest BCUT2D eigenvalue weighted by molar-refractivity contribution is 5.91. The van der Waals surface area contributed by atoms with Crippen molar-refractivity contribution < 1.29 is 9.53 Å². The minimum absolute atomic E-state index is 0.0438. The van der Waals surface area contributed by atoms with E-state index in [1.165, 1.54) is 12.8 Å². The van der Waals surface area contributed by atoms with Crippen LogP contribution in [0.2, 0.25) is 0 Å². The molecule has 2 aromatic rings. The summed E-state index contributed by atoms with van der Waals surface area (Å²) in [7, 11) is 0. The Hall–Kier alpha value is -2.63. The highest BCUT2D eigenvalue weighted by Crippen LogP contribution is 2.16. The van der Waals surface area contributed by atoms with Crippen molar-refractivity contribution in [3.63, 3.8) is 0 Å². The number of ether oxygens (including phenoxy) is 1. The Kier molecular flexibility index (Phi) is 4.48. The molecule has 1 aliphatic heterocycles. The number of rotatable bonds is 5. The molecule has 22 heavy (non-hydrogen) atoms. The third-order valence-electron chi connectivity index (χ3n) is 3.42. The Balaban J connectivity index is 1.50. The number of carbonyl (C=O) groups excluding carboxylic acids is 1. The number of amides is 1. The molecule has 1 aromatic heterocycles. The fraction of sp³-hybridized carbons (Fsp3) is 0.312. The van der Waals surface area contributed by atoms with E-state index < -0.39 is 0 Å². The van der Waals surface area contributed by atoms with Gasteiger partial charge in [0.25, 0.3) is 5.91 Å². The van der Waals surface area contributed by atoms with E-state index in [0.29, 0.717) is 11.4 Å². The van der Waals surface area contributed by atoms with E-state index in [9.17, 15) is 4.79 Å². The number of benzene rings is 1. The highest BCUT2D eigenvalue weighted by Gasteiger charge is 2.14. The van der Waals surface area contributed by atoms with Gasteiger partial charge in [0.15, 0.2) is 6.61 Å². The van der Waals surface area contributed by atoms with Crippen LogP contribution in [-0.2, 0) is 4.79 Å². The van der Waals surface area contributed by atoms with Crippen LogP contribution in [-0.4, -0.2) is 35.6 Å². The normalized spacial score (nSPS) is 13.9. The molecular weight excluding hydrogens is 280 g/mol. The number of nitrogens with one attached hydrogen (secondary N) is 1. The largest absolute Gasteiger partial charge is 0.484 e. The standard InChI is InChI=1S/C16H18N4O2/c21-15(12-22-14-6-2-1-3-7-14)19-13-10-17-16(18-11-13)20-8-4-5-9-20/h1-3,6-7,10-11H,4-5,8-9,12H2,(H,19,21). The smallest absolute Gasteiger partial charge is 0.262 e. The lowest BCUT2D eigenvalue weighted by molar-refractivity contribution is -0.118. The first-order chi connectivity index (χ1) is 10.8. The van der Waals surface area contributed by atoms with Gasteiger partial charge in [0.1, 0.15) is 5.75 Å². The van der Waals surface area contributed by atoms with Crippen molar-refractivity contribution >= 4 is 17.5 Å². The number of nitrogens with zero attached hydrogens (tertiary/aromatic N) is 3. The zero-order valence-corrected chi connectivity index (χ0v) is 12.2. The number of para-hydroxylation sites is 1. The average molecular weight is 298 g/mol. The minimum atomic E-state index is -0.235. The molecule has 0 spiro atoms. The highest BCUT2D eigenvalue weighted by atomic mass is 16.5. The van der Waals surface area contributed by atoms with Gasteiger partial charge >= 0.3 is 0 Å². The van der Waals surface area contributed by atoms with Crippen molar-refractivity contribution in [2.45, 2.75) is 12.8 Å². The molecule has 0 radical (unpaired) electrons. The Bertz CT molecular complexity index is 610. The topological polar surface area (TPSA) is 67.3 Å². The minimum Gasteiger partial charge on any atom is -0.484 e. The van der Waals surface area contributed by atoms with E-state index in [0.717, 1.165) is 19.0 Å². The van der Waals surface area contributed by atoms with Crippen molar-refractivity contribution in [1.29, 1.82) is 0 Å². The summed E-state index contributed by atoms with van der Waals surface area (Å²) in [5.41, 5.74) is 0.574. The lowest BCUT2D eigenvalue weighted by Gasteiger charge is -2.14. The van der Waals surface area contributed by atoms with Crippen molar-refractivity contribution in [2.75, 3.05) is 29.9 Å². The van der Waals surface area contributed by atoms with E-state index in [-0.39, 0.29) is 12.5 Å². The molecule has 1 saturated heterocycles. The van der Waals surface area contributed by atoms with Gasteiger partial charge < -0.3 is 15.0 Å². The van der Waals surface area contributed by atoms with Crippen molar-refractivity contribution in [1.82, 2.24) is 9.97 Å². The molecule has 6 nitrogen and oxygen atoms in total. The molecule has 2 heterocycles. The van der Waals surface area contributed by atoms with Crippen LogP contribution in [0, 0.1) is 0 Å². The monoisotopic (exact) mass is 298 g/mol. The number of aromatic nitrogens is 2. The number of hydrogen-bond acceptors (Lipinski definition) is 5. The van der Waals surface area contributed by atoms with E-state index in [1.54, 1.807) is 24.5 Å². The summed E-state index contributed by atoms with van der Waals surface area (Å²) >= 11 is 0. The van der Waals surface area contributed by atoms with Gasteiger partial charge in [-0.3, -0.25) is 4.79 Å². The summed E-state index contributed by atoms with van der Waals surface area (Å²) in [6.45, 7) is 1.95. The van der Waals surface area contributed by atoms with Crippen molar-refractivity contribution in [2.24, 2.45) is 0 Å². The molecule has 1 aromatic carbocycles. The van der Waals surface area contributed by atoms with E-state index >= 15 is 0 Å². The molecule has 0 saturated carbocycles. The van der Waals surface area contributed by atoms with Gasteiger partial charge in [-0.2, -0.15) is 0 Å². The number of anilines is 2. The van der Waals surface area contributed by atoms with Crippen molar-refractivity contribution in [3.8, 4) is 5.75 Å². The SMILES string of the molecule is O=C(COc1ccccc1)Nc1cnc(N2CCCC2)nc1. The maximum absolute atomic E-state index is 11.8. The second-order valence-corrected chi connectivity index (χ2v) is 5.12. The van der Waals surface area contributed by atoms with E-state index in [2.05, 4.69) is 20.2 Å². The van der Waals surface area contributed by atoms with Crippen LogP contribution in [0.1, 0.15) is 12.8 Å². The second kappa shape index (κ2) is 6.89. The van der Waals surface area contributed by atoms with Crippen LogP contribution < -0.4 is 15.0 Å². The molecule has 1 N–H and O–H groups in total. The third kappa shape index (κ3) is 3.72. The van der Waals surface area contributed by atoms with Gasteiger partial charge in [-0.15, -0.1) is 0 Å². The Morgan fingerprint density at radius 3 is 2.50 bits per heavy atom. The Morgan fingerprint density at radius 2 is 1.82 bits per heavy atom. The summed E-state index contributed by atoms with van der Waals surface area (Å²) in [5, 5.41) is 2.72. The quantitative estimate of drug-likeness (QED) is 0.915. The average Bonchev–Trinajstić information content (AvgIpc) is 3.09. The maximum Gasteiger partial charge on any atom is 0.262 e. The zero-order chi connectivity index (χ0) is 15.2. The third-order valence-corrected chi connectivity index (χ3v) is 3.42. The molecule has 0 bridgehead atoms. The molecule has 1 aliphatic rings. The van der Waals surface area contributed by atoms with Crippen LogP contribution in [0.15, 0.2) is 42.7 Å². The predicted octanol–water partition coefficient (Wildman–Crippen LogP) is 2.09. The fourth-order valence-corrected chi connectivity index (χ4v) is 2.33. The number of carbonyl (C=O) groups is 1. The first-order valence-electron chi connectivity index (χ1n) is 7.36. The van der Waals surface area contributed by atoms with Gasteiger partial charge in [-0.1, -0.05) is 18.2 Å². The lowest BCUT2D eigenvalue weighted by Crippen LogP contribution is -2.22. The first-order valence-corrected chi connectivity index (χ1v) is 7.36. The molecule has 0 unspecified atom stereocenters. The number of hydrogen-bond donors (Lipinski definition) is 1. The van der Waals surface area contributed by atoms with E-state index in [1.807, 2.05) is 18.2 Å². The summed E-state index contributed by atoms with van der Waals surface area (Å²) < 4.78 is 5.38. The second-order valence-electron chi connectivity index (χ2n) is 5.12. The van der Waals surface area contributed by atoms with Crippen LogP contribution in [0.25, 0.3) is 0 Å². The molecule has 3 rings (SSSR count). The van der Waals surface area contributed by atoms with Crippen LogP contribution in [0.5, 0.6) is 5.75 Å². The van der Waals surface area contributed by atoms with Crippen LogP contribution in [0.3, 0.4) is 0 Å². The Labute approximate surface area is 129 Å². The predicted molar refractivity (Wildman–Crippen MR) is 84.0 cm³/mol. The molecule has 114 valence electrons. The molecule has 1 amide bonds. The maximum atomic E-state index is 11.8. The van der Waals surface area contributed by atoms with Crippen molar-refractivity contribution in [3.05, 3.63) is 42.7 Å². The first kappa shape index (κ1) is 14.3. The van der Waals surface area contributed by atoms with Crippen LogP contribution in [0.4, 0.5) is 11.6 Å². The molecule has 0 atom stereocenters. The summed E-state index contributed by atoms with van der Waals surface area (Å²) in [5.74, 6) is 1.15. The van der Waals surface area contributed by atoms with Gasteiger partial charge in [-0.25, -0.2) is 9.97 Å². The summed E-state index contributed by atoms with van der Waals surface area (Å²) in [4.78, 5) is 22.6. The zero-order valence-electron chi connectivity index (χ0n) is 12.2. The molecule has 1 fully saturated rings. The van der Waals surface area contributed by atoms with Gasteiger partial charge in [0.2, 0.25) is 5.95 Å². The molecule has 0 aliphatic carbocycles. The summed E-state index contributed by atoms with van der Waals surface area (Å²) in [6, 6.07) is 9.23. The van der Waals surface area contributed by atoms with Gasteiger partial charge in [0, 0.05) is 13.1 Å². The molecular formula is C16H18N4O2. The van der Waals surface area contributed by atoms with Gasteiger partial charge in [-0.05, 0) is 25.0 Å². The Morgan fingerprint density at radius 1 is 1.14 bits per heavy atom. The van der Waals surface area contributed by atoms with Crippen LogP contribution >= 0.6 is 0 Å². The van der Waals surface area contributed by atoms with Gasteiger partial charge in [0.05, 0.1) is 18.1 Å².